The van der Waals surface area contributed by atoms with E-state index in [1.165, 1.54) is 24.0 Å². The van der Waals surface area contributed by atoms with E-state index in [9.17, 15) is 0 Å². The standard InChI is InChI=1S/C12H10N2O/c13-7-12-14-10-5-8-3-1-2-4-9(8)6-11(10)15-12/h5-6H,1-4H2. The molecule has 15 heavy (non-hydrogen) atoms. The molecule has 0 bridgehead atoms. The summed E-state index contributed by atoms with van der Waals surface area (Å²) in [4.78, 5) is 4.11. The highest BCUT2D eigenvalue weighted by Crippen LogP contribution is 2.26. The molecule has 2 aromatic rings. The zero-order valence-electron chi connectivity index (χ0n) is 8.29. The Morgan fingerprint density at radius 1 is 1.20 bits per heavy atom. The summed E-state index contributed by atoms with van der Waals surface area (Å²) in [5.41, 5.74) is 4.28. The van der Waals surface area contributed by atoms with Gasteiger partial charge in [-0.25, -0.2) is 0 Å². The molecular formula is C12H10N2O. The lowest BCUT2D eigenvalue weighted by atomic mass is 9.91. The third-order valence-electron chi connectivity index (χ3n) is 2.95. The normalized spacial score (nSPS) is 14.9. The fourth-order valence-corrected chi connectivity index (χ4v) is 2.20. The van der Waals surface area contributed by atoms with Crippen molar-refractivity contribution in [3.63, 3.8) is 0 Å². The summed E-state index contributed by atoms with van der Waals surface area (Å²) < 4.78 is 5.31. The second kappa shape index (κ2) is 3.09. The molecule has 1 aromatic heterocycles. The molecule has 0 saturated heterocycles. The first-order chi connectivity index (χ1) is 7.36. The summed E-state index contributed by atoms with van der Waals surface area (Å²) in [6.07, 6.45) is 4.74. The van der Waals surface area contributed by atoms with Gasteiger partial charge in [0.2, 0.25) is 0 Å². The molecule has 1 aliphatic rings. The van der Waals surface area contributed by atoms with Crippen LogP contribution in [0.15, 0.2) is 16.5 Å². The van der Waals surface area contributed by atoms with Gasteiger partial charge in [-0.05, 0) is 48.9 Å². The van der Waals surface area contributed by atoms with Crippen LogP contribution in [0.3, 0.4) is 0 Å². The van der Waals surface area contributed by atoms with Crippen LogP contribution in [0.25, 0.3) is 11.1 Å². The Labute approximate surface area is 87.3 Å². The highest BCUT2D eigenvalue weighted by molar-refractivity contribution is 5.75. The third-order valence-corrected chi connectivity index (χ3v) is 2.95. The zero-order valence-corrected chi connectivity index (χ0v) is 8.29. The first kappa shape index (κ1) is 8.49. The van der Waals surface area contributed by atoms with E-state index in [1.54, 1.807) is 0 Å². The topological polar surface area (TPSA) is 49.8 Å². The fraction of sp³-hybridized carbons (Fsp3) is 0.333. The molecule has 0 spiro atoms. The maximum Gasteiger partial charge on any atom is 0.301 e. The second-order valence-electron chi connectivity index (χ2n) is 3.93. The van der Waals surface area contributed by atoms with E-state index >= 15 is 0 Å². The Kier molecular flexibility index (Phi) is 1.75. The van der Waals surface area contributed by atoms with Crippen molar-refractivity contribution in [2.24, 2.45) is 0 Å². The number of aromatic nitrogens is 1. The molecule has 3 heteroatoms. The van der Waals surface area contributed by atoms with Gasteiger partial charge in [0.1, 0.15) is 5.52 Å². The van der Waals surface area contributed by atoms with Crippen molar-refractivity contribution in [3.8, 4) is 6.07 Å². The van der Waals surface area contributed by atoms with Gasteiger partial charge < -0.3 is 4.42 Å². The molecule has 0 fully saturated rings. The number of aryl methyl sites for hydroxylation is 2. The van der Waals surface area contributed by atoms with Crippen LogP contribution >= 0.6 is 0 Å². The fourth-order valence-electron chi connectivity index (χ4n) is 2.20. The molecule has 0 aliphatic heterocycles. The zero-order chi connectivity index (χ0) is 10.3. The first-order valence-electron chi connectivity index (χ1n) is 5.19. The molecule has 3 rings (SSSR count). The number of rotatable bonds is 0. The lowest BCUT2D eigenvalue weighted by Crippen LogP contribution is -2.01. The Morgan fingerprint density at radius 2 is 1.93 bits per heavy atom. The van der Waals surface area contributed by atoms with Crippen LogP contribution < -0.4 is 0 Å². The Hall–Kier alpha value is -1.82. The number of oxazole rings is 1. The molecule has 0 N–H and O–H groups in total. The highest BCUT2D eigenvalue weighted by atomic mass is 16.3. The Morgan fingerprint density at radius 3 is 2.67 bits per heavy atom. The maximum atomic E-state index is 8.70. The predicted octanol–water partition coefficient (Wildman–Crippen LogP) is 2.58. The molecule has 3 nitrogen and oxygen atoms in total. The summed E-state index contributed by atoms with van der Waals surface area (Å²) in [6, 6.07) is 6.03. The van der Waals surface area contributed by atoms with E-state index in [1.807, 2.05) is 12.1 Å². The maximum absolute atomic E-state index is 8.70. The van der Waals surface area contributed by atoms with Crippen molar-refractivity contribution in [1.29, 1.82) is 5.26 Å². The van der Waals surface area contributed by atoms with Crippen molar-refractivity contribution >= 4 is 11.1 Å². The number of hydrogen-bond donors (Lipinski definition) is 0. The van der Waals surface area contributed by atoms with Crippen molar-refractivity contribution in [2.75, 3.05) is 0 Å². The number of nitriles is 1. The van der Waals surface area contributed by atoms with Crippen LogP contribution in [-0.4, -0.2) is 4.98 Å². The minimum absolute atomic E-state index is 0.160. The molecule has 1 heterocycles. The third kappa shape index (κ3) is 1.30. The van der Waals surface area contributed by atoms with Gasteiger partial charge in [0.15, 0.2) is 11.7 Å². The van der Waals surface area contributed by atoms with Crippen LogP contribution in [-0.2, 0) is 12.8 Å². The average Bonchev–Trinajstić information content (AvgIpc) is 2.67. The number of benzene rings is 1. The van der Waals surface area contributed by atoms with Crippen molar-refractivity contribution in [2.45, 2.75) is 25.7 Å². The number of nitrogens with zero attached hydrogens (tertiary/aromatic N) is 2. The largest absolute Gasteiger partial charge is 0.428 e. The summed E-state index contributed by atoms with van der Waals surface area (Å²) in [5.74, 6) is 0.160. The lowest BCUT2D eigenvalue weighted by Gasteiger charge is -2.14. The first-order valence-corrected chi connectivity index (χ1v) is 5.19. The van der Waals surface area contributed by atoms with E-state index in [2.05, 4.69) is 11.1 Å². The molecule has 0 unspecified atom stereocenters. The molecule has 74 valence electrons. The second-order valence-corrected chi connectivity index (χ2v) is 3.93. The quantitative estimate of drug-likeness (QED) is 0.653. The SMILES string of the molecule is N#Cc1nc2cc3c(cc2o1)CCCC3. The number of fused-ring (bicyclic) bond motifs is 2. The van der Waals surface area contributed by atoms with Gasteiger partial charge in [-0.2, -0.15) is 10.2 Å². The van der Waals surface area contributed by atoms with Crippen molar-refractivity contribution < 1.29 is 4.42 Å². The van der Waals surface area contributed by atoms with Gasteiger partial charge in [-0.3, -0.25) is 0 Å². The van der Waals surface area contributed by atoms with Crippen LogP contribution in [0.5, 0.6) is 0 Å². The highest BCUT2D eigenvalue weighted by Gasteiger charge is 2.13. The van der Waals surface area contributed by atoms with Crippen molar-refractivity contribution in [1.82, 2.24) is 4.98 Å². The Balaban J connectivity index is 2.24. The molecule has 0 atom stereocenters. The van der Waals surface area contributed by atoms with Crippen LogP contribution in [0, 0.1) is 11.3 Å². The summed E-state index contributed by atoms with van der Waals surface area (Å²) in [5, 5.41) is 8.70. The van der Waals surface area contributed by atoms with E-state index < -0.39 is 0 Å². The molecule has 0 saturated carbocycles. The predicted molar refractivity (Wildman–Crippen MR) is 55.4 cm³/mol. The minimum Gasteiger partial charge on any atom is -0.428 e. The summed E-state index contributed by atoms with van der Waals surface area (Å²) >= 11 is 0. The van der Waals surface area contributed by atoms with Crippen LogP contribution in [0.4, 0.5) is 0 Å². The van der Waals surface area contributed by atoms with Gasteiger partial charge in [0, 0.05) is 0 Å². The van der Waals surface area contributed by atoms with Crippen LogP contribution in [0.1, 0.15) is 29.9 Å². The summed E-state index contributed by atoms with van der Waals surface area (Å²) in [6.45, 7) is 0. The molecular weight excluding hydrogens is 188 g/mol. The average molecular weight is 198 g/mol. The van der Waals surface area contributed by atoms with Gasteiger partial charge in [-0.1, -0.05) is 0 Å². The Bertz CT molecular complexity index is 520. The van der Waals surface area contributed by atoms with Crippen LogP contribution in [0.2, 0.25) is 0 Å². The minimum atomic E-state index is 0.160. The van der Waals surface area contributed by atoms with Gasteiger partial charge in [0.05, 0.1) is 0 Å². The molecule has 0 amide bonds. The molecule has 1 aromatic carbocycles. The van der Waals surface area contributed by atoms with Gasteiger partial charge >= 0.3 is 5.89 Å². The number of hydrogen-bond acceptors (Lipinski definition) is 3. The van der Waals surface area contributed by atoms with E-state index in [0.717, 1.165) is 23.9 Å². The molecule has 1 aliphatic carbocycles. The van der Waals surface area contributed by atoms with Gasteiger partial charge in [-0.15, -0.1) is 0 Å². The molecule has 0 radical (unpaired) electrons. The monoisotopic (exact) mass is 198 g/mol. The van der Waals surface area contributed by atoms with Gasteiger partial charge in [0.25, 0.3) is 0 Å². The van der Waals surface area contributed by atoms with E-state index in [0.29, 0.717) is 0 Å². The van der Waals surface area contributed by atoms with E-state index in [4.69, 9.17) is 9.68 Å². The lowest BCUT2D eigenvalue weighted by molar-refractivity contribution is 0.582. The van der Waals surface area contributed by atoms with E-state index in [-0.39, 0.29) is 5.89 Å². The van der Waals surface area contributed by atoms with Crippen molar-refractivity contribution in [3.05, 3.63) is 29.2 Å². The smallest absolute Gasteiger partial charge is 0.301 e. The summed E-state index contributed by atoms with van der Waals surface area (Å²) in [7, 11) is 0.